The Bertz CT molecular complexity index is 556. The van der Waals surface area contributed by atoms with Gasteiger partial charge in [-0.25, -0.2) is 4.39 Å². The first-order chi connectivity index (χ1) is 9.08. The molecule has 0 saturated heterocycles. The molecule has 0 spiro atoms. The van der Waals surface area contributed by atoms with E-state index in [4.69, 9.17) is 0 Å². The van der Waals surface area contributed by atoms with Crippen molar-refractivity contribution in [2.75, 3.05) is 12.8 Å². The summed E-state index contributed by atoms with van der Waals surface area (Å²) >= 11 is 0. The second kappa shape index (κ2) is 6.03. The van der Waals surface area contributed by atoms with Crippen molar-refractivity contribution in [1.82, 2.24) is 0 Å². The van der Waals surface area contributed by atoms with Gasteiger partial charge in [-0.15, -0.1) is 0 Å². The van der Waals surface area contributed by atoms with Gasteiger partial charge in [0.15, 0.2) is 5.78 Å². The highest BCUT2D eigenvalue weighted by atomic mass is 31.2. The molecular weight excluding hydrogens is 303 g/mol. The lowest BCUT2D eigenvalue weighted by Crippen LogP contribution is -2.18. The lowest BCUT2D eigenvalue weighted by Gasteiger charge is -2.14. The third-order valence-corrected chi connectivity index (χ3v) is 3.62. The van der Waals surface area contributed by atoms with Gasteiger partial charge in [0.2, 0.25) is 0 Å². The van der Waals surface area contributed by atoms with Crippen LogP contribution in [0, 0.1) is 5.82 Å². The zero-order valence-corrected chi connectivity index (χ0v) is 11.2. The molecule has 9 heteroatoms. The van der Waals surface area contributed by atoms with Crippen LogP contribution >= 0.6 is 7.60 Å². The van der Waals surface area contributed by atoms with E-state index in [1.54, 1.807) is 0 Å². The summed E-state index contributed by atoms with van der Waals surface area (Å²) in [6.45, 7) is 1.20. The summed E-state index contributed by atoms with van der Waals surface area (Å²) in [4.78, 5) is 20.9. The minimum absolute atomic E-state index is 0.184. The van der Waals surface area contributed by atoms with Crippen LogP contribution in [0.25, 0.3) is 0 Å². The van der Waals surface area contributed by atoms with Crippen LogP contribution in [0.3, 0.4) is 0 Å². The molecule has 1 aromatic rings. The van der Waals surface area contributed by atoms with Crippen LogP contribution in [0.15, 0.2) is 18.2 Å². The summed E-state index contributed by atoms with van der Waals surface area (Å²) < 4.78 is 67.1. The van der Waals surface area contributed by atoms with Crippen LogP contribution in [0.2, 0.25) is 0 Å². The lowest BCUT2D eigenvalue weighted by molar-refractivity contribution is -0.140. The van der Waals surface area contributed by atoms with E-state index < -0.39 is 42.7 Å². The van der Waals surface area contributed by atoms with Gasteiger partial charge in [0.1, 0.15) is 17.5 Å². The zero-order valence-electron chi connectivity index (χ0n) is 10.3. The maximum Gasteiger partial charge on any atom is 0.419 e. The van der Waals surface area contributed by atoms with E-state index in [9.17, 15) is 31.8 Å². The third-order valence-electron chi connectivity index (χ3n) is 2.27. The van der Waals surface area contributed by atoms with Gasteiger partial charge in [0.25, 0.3) is 0 Å². The Morgan fingerprint density at radius 3 is 2.50 bits per heavy atom. The number of carbonyl (C=O) groups excluding carboxylic acids is 1. The molecule has 0 saturated carbocycles. The molecule has 1 unspecified atom stereocenters. The van der Waals surface area contributed by atoms with E-state index in [1.807, 2.05) is 0 Å². The Hall–Kier alpha value is -1.24. The molecule has 4 nitrogen and oxygen atoms in total. The van der Waals surface area contributed by atoms with Crippen molar-refractivity contribution in [3.8, 4) is 0 Å². The molecule has 20 heavy (non-hydrogen) atoms. The van der Waals surface area contributed by atoms with Gasteiger partial charge in [-0.2, -0.15) is 13.2 Å². The number of alkyl halides is 3. The monoisotopic (exact) mass is 314 g/mol. The Morgan fingerprint density at radius 1 is 1.40 bits per heavy atom. The molecular formula is C11H11F4O4P. The molecule has 0 aliphatic heterocycles. The van der Waals surface area contributed by atoms with Crippen molar-refractivity contribution in [2.45, 2.75) is 13.1 Å². The van der Waals surface area contributed by atoms with Crippen molar-refractivity contribution in [3.05, 3.63) is 35.1 Å². The summed E-state index contributed by atoms with van der Waals surface area (Å²) in [5.74, 6) is -2.93. The molecule has 112 valence electrons. The van der Waals surface area contributed by atoms with Crippen LogP contribution in [0.5, 0.6) is 0 Å². The fraction of sp³-hybridized carbons (Fsp3) is 0.364. The van der Waals surface area contributed by atoms with Crippen molar-refractivity contribution in [3.63, 3.8) is 0 Å². The van der Waals surface area contributed by atoms with E-state index in [2.05, 4.69) is 4.52 Å². The number of carbonyl (C=O) groups is 1. The predicted molar refractivity (Wildman–Crippen MR) is 62.1 cm³/mol. The number of hydrogen-bond donors (Lipinski definition) is 1. The molecule has 1 rings (SSSR count). The number of hydrogen-bond acceptors (Lipinski definition) is 3. The zero-order chi connectivity index (χ0) is 15.6. The highest BCUT2D eigenvalue weighted by molar-refractivity contribution is 7.53. The van der Waals surface area contributed by atoms with Gasteiger partial charge in [0.05, 0.1) is 6.61 Å². The van der Waals surface area contributed by atoms with E-state index in [0.29, 0.717) is 6.07 Å². The fourth-order valence-electron chi connectivity index (χ4n) is 1.56. The van der Waals surface area contributed by atoms with Gasteiger partial charge in [0, 0.05) is 5.56 Å². The Labute approximate surface area is 111 Å². The van der Waals surface area contributed by atoms with Crippen LogP contribution in [-0.2, 0) is 15.3 Å². The highest BCUT2D eigenvalue weighted by Crippen LogP contribution is 2.43. The SMILES string of the molecule is CCOP(=O)(O)CC(=O)c1cccc(F)c1C(F)(F)F. The number of benzene rings is 1. The average molecular weight is 314 g/mol. The largest absolute Gasteiger partial charge is 0.419 e. The molecule has 1 atom stereocenters. The molecule has 0 amide bonds. The molecule has 0 radical (unpaired) electrons. The smallest absolute Gasteiger partial charge is 0.324 e. The Morgan fingerprint density at radius 2 is 2.00 bits per heavy atom. The maximum atomic E-state index is 13.3. The third kappa shape index (κ3) is 4.13. The molecule has 0 aliphatic rings. The summed E-state index contributed by atoms with van der Waals surface area (Å²) in [6, 6.07) is 2.22. The van der Waals surface area contributed by atoms with E-state index in [-0.39, 0.29) is 6.61 Å². The van der Waals surface area contributed by atoms with Crippen LogP contribution in [0.1, 0.15) is 22.8 Å². The van der Waals surface area contributed by atoms with Gasteiger partial charge >= 0.3 is 13.8 Å². The van der Waals surface area contributed by atoms with Crippen molar-refractivity contribution in [2.24, 2.45) is 0 Å². The number of rotatable bonds is 5. The standard InChI is InChI=1S/C11H11F4O4P/c1-2-19-20(17,18)6-9(16)7-4-3-5-8(12)10(7)11(13,14)15/h3-5H,2,6H2,1H3,(H,17,18). The van der Waals surface area contributed by atoms with E-state index in [1.165, 1.54) is 6.92 Å². The molecule has 1 aromatic carbocycles. The summed E-state index contributed by atoms with van der Waals surface area (Å²) in [5.41, 5.74) is -2.74. The first-order valence-electron chi connectivity index (χ1n) is 5.43. The quantitative estimate of drug-likeness (QED) is 0.515. The van der Waals surface area contributed by atoms with Gasteiger partial charge < -0.3 is 9.42 Å². The van der Waals surface area contributed by atoms with Gasteiger partial charge in [-0.05, 0) is 13.0 Å². The Kier molecular flexibility index (Phi) is 5.07. The highest BCUT2D eigenvalue weighted by Gasteiger charge is 2.39. The maximum absolute atomic E-state index is 13.3. The second-order valence-electron chi connectivity index (χ2n) is 3.80. The average Bonchev–Trinajstić information content (AvgIpc) is 2.25. The van der Waals surface area contributed by atoms with Crippen LogP contribution in [0.4, 0.5) is 17.6 Å². The topological polar surface area (TPSA) is 63.6 Å². The molecule has 0 heterocycles. The van der Waals surface area contributed by atoms with Crippen molar-refractivity contribution in [1.29, 1.82) is 0 Å². The lowest BCUT2D eigenvalue weighted by atomic mass is 10.0. The van der Waals surface area contributed by atoms with Crippen LogP contribution in [-0.4, -0.2) is 23.4 Å². The fourth-order valence-corrected chi connectivity index (χ4v) is 2.59. The van der Waals surface area contributed by atoms with E-state index >= 15 is 0 Å². The Balaban J connectivity index is 3.18. The first-order valence-corrected chi connectivity index (χ1v) is 7.20. The summed E-state index contributed by atoms with van der Waals surface area (Å²) in [7, 11) is -4.34. The van der Waals surface area contributed by atoms with Crippen LogP contribution < -0.4 is 0 Å². The molecule has 1 N–H and O–H groups in total. The normalized spacial score (nSPS) is 14.9. The summed E-state index contributed by atoms with van der Waals surface area (Å²) in [5, 5.41) is 0. The molecule has 0 aliphatic carbocycles. The van der Waals surface area contributed by atoms with Gasteiger partial charge in [-0.3, -0.25) is 9.36 Å². The molecule has 0 bridgehead atoms. The minimum atomic E-state index is -5.08. The number of halogens is 4. The molecule has 0 aromatic heterocycles. The van der Waals surface area contributed by atoms with Crippen molar-refractivity contribution < 1.29 is 36.3 Å². The van der Waals surface area contributed by atoms with E-state index in [0.717, 1.165) is 12.1 Å². The van der Waals surface area contributed by atoms with Crippen molar-refractivity contribution >= 4 is 13.4 Å². The first kappa shape index (κ1) is 16.8. The number of ketones is 1. The predicted octanol–water partition coefficient (Wildman–Crippen LogP) is 3.25. The summed E-state index contributed by atoms with van der Waals surface area (Å²) in [6.07, 6.45) is -6.23. The number of Topliss-reactive ketones (excluding diaryl/α,β-unsaturated/α-hetero) is 1. The van der Waals surface area contributed by atoms with Gasteiger partial charge in [-0.1, -0.05) is 12.1 Å². The molecule has 0 fully saturated rings. The minimum Gasteiger partial charge on any atom is -0.324 e. The second-order valence-corrected chi connectivity index (χ2v) is 5.65.